The Hall–Kier alpha value is -1.64. The second-order valence-corrected chi connectivity index (χ2v) is 6.16. The summed E-state index contributed by atoms with van der Waals surface area (Å²) in [7, 11) is 2.07. The van der Waals surface area contributed by atoms with Crippen molar-refractivity contribution in [3.05, 3.63) is 70.2 Å². The first kappa shape index (κ1) is 14.3. The van der Waals surface area contributed by atoms with Crippen LogP contribution in [-0.4, -0.2) is 17.7 Å². The van der Waals surface area contributed by atoms with Crippen molar-refractivity contribution in [2.24, 2.45) is 5.92 Å². The van der Waals surface area contributed by atoms with Gasteiger partial charge in [-0.2, -0.15) is 0 Å². The van der Waals surface area contributed by atoms with Crippen molar-refractivity contribution in [2.75, 3.05) is 7.05 Å². The molecule has 2 atom stereocenters. The van der Waals surface area contributed by atoms with Crippen LogP contribution in [-0.2, 0) is 6.54 Å². The lowest BCUT2D eigenvalue weighted by atomic mass is 10.0. The van der Waals surface area contributed by atoms with Gasteiger partial charge in [-0.1, -0.05) is 54.9 Å². The normalized spacial score (nSPS) is 20.9. The number of rotatable bonds is 3. The molecule has 0 aromatic heterocycles. The lowest BCUT2D eigenvalue weighted by Gasteiger charge is -2.28. The van der Waals surface area contributed by atoms with Crippen molar-refractivity contribution >= 4 is 17.4 Å². The third-order valence-corrected chi connectivity index (χ3v) is 4.50. The Labute approximate surface area is 130 Å². The largest absolute Gasteiger partial charge is 0.294 e. The van der Waals surface area contributed by atoms with E-state index in [1.807, 2.05) is 49.4 Å². The van der Waals surface area contributed by atoms with E-state index in [2.05, 4.69) is 18.0 Å². The molecular formula is C18H18ClNO. The summed E-state index contributed by atoms with van der Waals surface area (Å²) in [6.45, 7) is 2.82. The first-order valence-corrected chi connectivity index (χ1v) is 7.53. The maximum absolute atomic E-state index is 12.4. The molecule has 108 valence electrons. The number of carbonyl (C=O) groups is 1. The van der Waals surface area contributed by atoms with Gasteiger partial charge in [-0.25, -0.2) is 0 Å². The minimum Gasteiger partial charge on any atom is -0.294 e. The second kappa shape index (κ2) is 5.63. The minimum atomic E-state index is -0.000278. The summed E-state index contributed by atoms with van der Waals surface area (Å²) in [6.07, 6.45) is 0. The van der Waals surface area contributed by atoms with Crippen LogP contribution < -0.4 is 0 Å². The molecule has 0 aliphatic heterocycles. The van der Waals surface area contributed by atoms with E-state index in [0.717, 1.165) is 22.7 Å². The van der Waals surface area contributed by atoms with Crippen LogP contribution in [0.25, 0.3) is 0 Å². The van der Waals surface area contributed by atoms with Crippen molar-refractivity contribution < 1.29 is 4.79 Å². The molecule has 0 heterocycles. The number of halogens is 1. The summed E-state index contributed by atoms with van der Waals surface area (Å²) in [6, 6.07) is 16.0. The van der Waals surface area contributed by atoms with Gasteiger partial charge in [0.25, 0.3) is 0 Å². The predicted octanol–water partition coefficient (Wildman–Crippen LogP) is 4.35. The fourth-order valence-corrected chi connectivity index (χ4v) is 3.36. The molecule has 2 unspecified atom stereocenters. The molecule has 21 heavy (non-hydrogen) atoms. The molecule has 0 saturated heterocycles. The van der Waals surface area contributed by atoms with Gasteiger partial charge in [0, 0.05) is 29.1 Å². The lowest BCUT2D eigenvalue weighted by Crippen LogP contribution is -2.27. The summed E-state index contributed by atoms with van der Waals surface area (Å²) < 4.78 is 0. The highest BCUT2D eigenvalue weighted by atomic mass is 35.5. The van der Waals surface area contributed by atoms with E-state index in [-0.39, 0.29) is 17.7 Å². The topological polar surface area (TPSA) is 20.3 Å². The maximum atomic E-state index is 12.4. The number of Topliss-reactive ketones (excluding diaryl/α,β-unsaturated/α-hetero) is 1. The molecule has 0 amide bonds. The summed E-state index contributed by atoms with van der Waals surface area (Å²) in [4.78, 5) is 14.6. The third kappa shape index (κ3) is 2.61. The average Bonchev–Trinajstić information content (AvgIpc) is 2.74. The van der Waals surface area contributed by atoms with Crippen LogP contribution in [0.5, 0.6) is 0 Å². The third-order valence-electron chi connectivity index (χ3n) is 4.25. The molecule has 1 aliphatic rings. The van der Waals surface area contributed by atoms with Crippen LogP contribution in [0.15, 0.2) is 48.5 Å². The zero-order valence-corrected chi connectivity index (χ0v) is 13.0. The molecule has 1 aliphatic carbocycles. The number of ketones is 1. The van der Waals surface area contributed by atoms with Gasteiger partial charge in [-0.3, -0.25) is 9.69 Å². The second-order valence-electron chi connectivity index (χ2n) is 5.73. The van der Waals surface area contributed by atoms with Crippen LogP contribution in [0.1, 0.15) is 34.5 Å². The fourth-order valence-electron chi connectivity index (χ4n) is 3.23. The van der Waals surface area contributed by atoms with Gasteiger partial charge >= 0.3 is 0 Å². The number of fused-ring (bicyclic) bond motifs is 1. The van der Waals surface area contributed by atoms with Crippen molar-refractivity contribution in [3.8, 4) is 0 Å². The molecule has 2 aromatic rings. The summed E-state index contributed by atoms with van der Waals surface area (Å²) in [5.41, 5.74) is 3.22. The van der Waals surface area contributed by atoms with E-state index in [9.17, 15) is 4.79 Å². The number of hydrogen-bond acceptors (Lipinski definition) is 2. The molecule has 3 rings (SSSR count). The van der Waals surface area contributed by atoms with Gasteiger partial charge in [-0.05, 0) is 30.3 Å². The molecule has 0 saturated carbocycles. The maximum Gasteiger partial charge on any atom is 0.167 e. The first-order valence-electron chi connectivity index (χ1n) is 7.16. The average molecular weight is 300 g/mol. The highest BCUT2D eigenvalue weighted by Gasteiger charge is 2.38. The molecule has 0 radical (unpaired) electrons. The van der Waals surface area contributed by atoms with Crippen molar-refractivity contribution in [2.45, 2.75) is 19.5 Å². The van der Waals surface area contributed by atoms with E-state index < -0.39 is 0 Å². The first-order chi connectivity index (χ1) is 10.1. The Morgan fingerprint density at radius 3 is 2.48 bits per heavy atom. The van der Waals surface area contributed by atoms with E-state index in [1.54, 1.807) is 0 Å². The van der Waals surface area contributed by atoms with Gasteiger partial charge < -0.3 is 0 Å². The molecule has 0 bridgehead atoms. The Balaban J connectivity index is 1.86. The van der Waals surface area contributed by atoms with Crippen molar-refractivity contribution in [3.63, 3.8) is 0 Å². The monoisotopic (exact) mass is 299 g/mol. The number of hydrogen-bond donors (Lipinski definition) is 0. The highest BCUT2D eigenvalue weighted by molar-refractivity contribution is 6.30. The van der Waals surface area contributed by atoms with E-state index in [0.29, 0.717) is 0 Å². The standard InChI is InChI=1S/C18H18ClNO/c1-12-17(15-5-3-4-6-16(15)18(12)21)20(2)11-13-7-9-14(19)10-8-13/h3-10,12,17H,11H2,1-2H3. The Morgan fingerprint density at radius 2 is 1.76 bits per heavy atom. The Morgan fingerprint density at radius 1 is 1.10 bits per heavy atom. The quantitative estimate of drug-likeness (QED) is 0.840. The number of carbonyl (C=O) groups excluding carboxylic acids is 1. The molecule has 0 fully saturated rings. The number of benzene rings is 2. The van der Waals surface area contributed by atoms with Gasteiger partial charge in [0.2, 0.25) is 0 Å². The predicted molar refractivity (Wildman–Crippen MR) is 85.6 cm³/mol. The summed E-state index contributed by atoms with van der Waals surface area (Å²) in [5.74, 6) is 0.248. The fraction of sp³-hybridized carbons (Fsp3) is 0.278. The van der Waals surface area contributed by atoms with Gasteiger partial charge in [-0.15, -0.1) is 0 Å². The molecular weight excluding hydrogens is 282 g/mol. The van der Waals surface area contributed by atoms with Crippen LogP contribution >= 0.6 is 11.6 Å². The van der Waals surface area contributed by atoms with Crippen molar-refractivity contribution in [1.82, 2.24) is 4.90 Å². The molecule has 0 spiro atoms. The smallest absolute Gasteiger partial charge is 0.167 e. The summed E-state index contributed by atoms with van der Waals surface area (Å²) in [5, 5.41) is 0.746. The minimum absolute atomic E-state index is 0.000278. The van der Waals surface area contributed by atoms with Crippen LogP contribution in [0.2, 0.25) is 5.02 Å². The van der Waals surface area contributed by atoms with E-state index >= 15 is 0 Å². The van der Waals surface area contributed by atoms with Crippen LogP contribution in [0.4, 0.5) is 0 Å². The molecule has 2 aromatic carbocycles. The van der Waals surface area contributed by atoms with Gasteiger partial charge in [0.15, 0.2) is 5.78 Å². The Bertz CT molecular complexity index is 665. The van der Waals surface area contributed by atoms with Crippen molar-refractivity contribution in [1.29, 1.82) is 0 Å². The summed E-state index contributed by atoms with van der Waals surface area (Å²) >= 11 is 5.93. The van der Waals surface area contributed by atoms with Gasteiger partial charge in [0.1, 0.15) is 0 Å². The lowest BCUT2D eigenvalue weighted by molar-refractivity contribution is 0.0871. The van der Waals surface area contributed by atoms with E-state index in [4.69, 9.17) is 11.6 Å². The Kier molecular flexibility index (Phi) is 3.83. The van der Waals surface area contributed by atoms with Gasteiger partial charge in [0.05, 0.1) is 0 Å². The van der Waals surface area contributed by atoms with Crippen LogP contribution in [0.3, 0.4) is 0 Å². The highest BCUT2D eigenvalue weighted by Crippen LogP contribution is 2.39. The SMILES string of the molecule is CC1C(=O)c2ccccc2C1N(C)Cc1ccc(Cl)cc1. The molecule has 3 heteroatoms. The zero-order chi connectivity index (χ0) is 15.0. The number of nitrogens with zero attached hydrogens (tertiary/aromatic N) is 1. The zero-order valence-electron chi connectivity index (χ0n) is 12.2. The van der Waals surface area contributed by atoms with E-state index in [1.165, 1.54) is 5.56 Å². The molecule has 2 nitrogen and oxygen atoms in total. The molecule has 0 N–H and O–H groups in total. The van der Waals surface area contributed by atoms with Crippen LogP contribution in [0, 0.1) is 5.92 Å².